The Balaban J connectivity index is 1.74. The van der Waals surface area contributed by atoms with Gasteiger partial charge in [0.2, 0.25) is 0 Å². The van der Waals surface area contributed by atoms with Crippen LogP contribution < -0.4 is 0 Å². The molecular formula is C22H24N2O. The highest BCUT2D eigenvalue weighted by Gasteiger charge is 2.62. The minimum Gasteiger partial charge on any atom is -0.389 e. The zero-order valence-corrected chi connectivity index (χ0v) is 14.7. The third-order valence-corrected chi connectivity index (χ3v) is 6.25. The fourth-order valence-electron chi connectivity index (χ4n) is 5.14. The van der Waals surface area contributed by atoms with Crippen molar-refractivity contribution in [3.8, 4) is 0 Å². The van der Waals surface area contributed by atoms with Gasteiger partial charge in [-0.1, -0.05) is 73.1 Å². The van der Waals surface area contributed by atoms with Gasteiger partial charge < -0.3 is 4.84 Å². The quantitative estimate of drug-likeness (QED) is 0.819. The summed E-state index contributed by atoms with van der Waals surface area (Å²) in [7, 11) is 0. The summed E-state index contributed by atoms with van der Waals surface area (Å²) in [6, 6.07) is 19.5. The van der Waals surface area contributed by atoms with E-state index in [4.69, 9.17) is 4.84 Å². The molecule has 0 aromatic heterocycles. The van der Waals surface area contributed by atoms with Crippen LogP contribution in [-0.4, -0.2) is 29.8 Å². The van der Waals surface area contributed by atoms with Crippen LogP contribution in [-0.2, 0) is 10.4 Å². The third kappa shape index (κ3) is 1.99. The van der Waals surface area contributed by atoms with Crippen LogP contribution in [0.5, 0.6) is 0 Å². The number of hydrogen-bond donors (Lipinski definition) is 0. The summed E-state index contributed by atoms with van der Waals surface area (Å²) in [5.74, 6) is 0.350. The lowest BCUT2D eigenvalue weighted by molar-refractivity contribution is -0.0205. The molecule has 0 unspecified atom stereocenters. The van der Waals surface area contributed by atoms with Crippen molar-refractivity contribution in [2.24, 2.45) is 5.16 Å². The largest absolute Gasteiger partial charge is 0.389 e. The first-order valence-corrected chi connectivity index (χ1v) is 9.47. The van der Waals surface area contributed by atoms with Gasteiger partial charge in [0.05, 0.1) is 0 Å². The van der Waals surface area contributed by atoms with Gasteiger partial charge in [0.15, 0.2) is 6.10 Å². The average molecular weight is 332 g/mol. The number of nitrogens with zero attached hydrogens (tertiary/aromatic N) is 2. The molecule has 3 nitrogen and oxygen atoms in total. The second-order valence-corrected chi connectivity index (χ2v) is 7.52. The molecule has 2 aliphatic heterocycles. The highest BCUT2D eigenvalue weighted by Crippen LogP contribution is 2.54. The van der Waals surface area contributed by atoms with Crippen LogP contribution in [0.4, 0.5) is 0 Å². The Morgan fingerprint density at radius 2 is 1.68 bits per heavy atom. The average Bonchev–Trinajstić information content (AvgIpc) is 3.20. The van der Waals surface area contributed by atoms with Crippen molar-refractivity contribution >= 4 is 5.71 Å². The normalized spacial score (nSPS) is 31.2. The minimum absolute atomic E-state index is 0.0678. The SMILES string of the molecule is C[C@H]1c2ccccc2[C@]2(N3CCCCC3)C(c3ccccc3)=NO[C@H]12. The first-order valence-electron chi connectivity index (χ1n) is 9.47. The summed E-state index contributed by atoms with van der Waals surface area (Å²) in [5.41, 5.74) is 4.85. The number of rotatable bonds is 2. The number of benzene rings is 2. The maximum absolute atomic E-state index is 6.14. The Morgan fingerprint density at radius 3 is 2.48 bits per heavy atom. The molecule has 2 heterocycles. The van der Waals surface area contributed by atoms with E-state index in [-0.39, 0.29) is 11.6 Å². The lowest BCUT2D eigenvalue weighted by atomic mass is 9.78. The van der Waals surface area contributed by atoms with Crippen LogP contribution in [0.2, 0.25) is 0 Å². The summed E-state index contributed by atoms with van der Waals surface area (Å²) in [6.07, 6.45) is 3.91. The summed E-state index contributed by atoms with van der Waals surface area (Å²) < 4.78 is 0. The zero-order chi connectivity index (χ0) is 16.9. The van der Waals surface area contributed by atoms with Crippen LogP contribution in [0.1, 0.15) is 48.8 Å². The predicted molar refractivity (Wildman–Crippen MR) is 99.8 cm³/mol. The van der Waals surface area contributed by atoms with Crippen LogP contribution in [0.3, 0.4) is 0 Å². The van der Waals surface area contributed by atoms with E-state index in [9.17, 15) is 0 Å². The minimum atomic E-state index is -0.238. The van der Waals surface area contributed by atoms with E-state index in [1.165, 1.54) is 36.0 Å². The Morgan fingerprint density at radius 1 is 0.960 bits per heavy atom. The van der Waals surface area contributed by atoms with Crippen LogP contribution >= 0.6 is 0 Å². The van der Waals surface area contributed by atoms with Crippen molar-refractivity contribution in [1.29, 1.82) is 0 Å². The molecule has 0 bridgehead atoms. The fraction of sp³-hybridized carbons (Fsp3) is 0.409. The molecule has 2 aromatic carbocycles. The molecule has 0 N–H and O–H groups in total. The van der Waals surface area contributed by atoms with E-state index in [0.29, 0.717) is 5.92 Å². The second kappa shape index (κ2) is 5.70. The van der Waals surface area contributed by atoms with Gasteiger partial charge in [-0.3, -0.25) is 4.90 Å². The van der Waals surface area contributed by atoms with Gasteiger partial charge >= 0.3 is 0 Å². The van der Waals surface area contributed by atoms with Gasteiger partial charge in [0.1, 0.15) is 11.3 Å². The second-order valence-electron chi connectivity index (χ2n) is 7.52. The molecule has 3 heteroatoms. The van der Waals surface area contributed by atoms with Gasteiger partial charge in [-0.2, -0.15) is 0 Å². The Kier molecular flexibility index (Phi) is 3.46. The van der Waals surface area contributed by atoms with E-state index < -0.39 is 0 Å². The predicted octanol–water partition coefficient (Wildman–Crippen LogP) is 4.29. The maximum atomic E-state index is 6.14. The molecule has 0 spiro atoms. The van der Waals surface area contributed by atoms with Gasteiger partial charge in [-0.25, -0.2) is 0 Å². The highest BCUT2D eigenvalue weighted by molar-refractivity contribution is 6.09. The molecule has 3 atom stereocenters. The van der Waals surface area contributed by atoms with Crippen LogP contribution in [0.25, 0.3) is 0 Å². The summed E-state index contributed by atoms with van der Waals surface area (Å²) in [4.78, 5) is 8.80. The van der Waals surface area contributed by atoms with E-state index in [0.717, 1.165) is 18.8 Å². The number of likely N-dealkylation sites (tertiary alicyclic amines) is 1. The highest BCUT2D eigenvalue weighted by atomic mass is 16.6. The molecular weight excluding hydrogens is 308 g/mol. The summed E-state index contributed by atoms with van der Waals surface area (Å²) in [5, 5.41) is 4.66. The molecule has 0 amide bonds. The monoisotopic (exact) mass is 332 g/mol. The van der Waals surface area contributed by atoms with Crippen molar-refractivity contribution in [3.63, 3.8) is 0 Å². The zero-order valence-electron chi connectivity index (χ0n) is 14.7. The van der Waals surface area contributed by atoms with Gasteiger partial charge in [0.25, 0.3) is 0 Å². The number of piperidine rings is 1. The van der Waals surface area contributed by atoms with Crippen molar-refractivity contribution in [1.82, 2.24) is 4.90 Å². The topological polar surface area (TPSA) is 24.8 Å². The first-order chi connectivity index (χ1) is 12.3. The van der Waals surface area contributed by atoms with Crippen molar-refractivity contribution in [3.05, 3.63) is 71.3 Å². The molecule has 0 saturated carbocycles. The van der Waals surface area contributed by atoms with E-state index in [2.05, 4.69) is 71.6 Å². The summed E-state index contributed by atoms with van der Waals surface area (Å²) in [6.45, 7) is 4.53. The number of hydrogen-bond acceptors (Lipinski definition) is 3. The third-order valence-electron chi connectivity index (χ3n) is 6.25. The molecule has 2 aromatic rings. The fourth-order valence-corrected chi connectivity index (χ4v) is 5.14. The van der Waals surface area contributed by atoms with Crippen molar-refractivity contribution < 1.29 is 4.84 Å². The smallest absolute Gasteiger partial charge is 0.162 e. The number of fused-ring (bicyclic) bond motifs is 3. The van der Waals surface area contributed by atoms with Gasteiger partial charge in [-0.15, -0.1) is 0 Å². The van der Waals surface area contributed by atoms with Crippen LogP contribution in [0, 0.1) is 0 Å². The Bertz CT molecular complexity index is 810. The molecule has 1 aliphatic carbocycles. The van der Waals surface area contributed by atoms with E-state index in [1.807, 2.05) is 0 Å². The molecule has 25 heavy (non-hydrogen) atoms. The molecule has 1 fully saturated rings. The van der Waals surface area contributed by atoms with E-state index in [1.54, 1.807) is 0 Å². The molecule has 128 valence electrons. The Labute approximate surface area is 149 Å². The number of oxime groups is 1. The Hall–Kier alpha value is -2.13. The lowest BCUT2D eigenvalue weighted by Gasteiger charge is -2.44. The lowest BCUT2D eigenvalue weighted by Crippen LogP contribution is -2.57. The molecule has 3 aliphatic rings. The van der Waals surface area contributed by atoms with Crippen LogP contribution in [0.15, 0.2) is 59.8 Å². The van der Waals surface area contributed by atoms with Gasteiger partial charge in [-0.05, 0) is 37.1 Å². The molecule has 5 rings (SSSR count). The van der Waals surface area contributed by atoms with Crippen molar-refractivity contribution in [2.45, 2.75) is 43.7 Å². The summed E-state index contributed by atoms with van der Waals surface area (Å²) >= 11 is 0. The van der Waals surface area contributed by atoms with E-state index >= 15 is 0 Å². The molecule has 1 saturated heterocycles. The standard InChI is InChI=1S/C22H24N2O/c1-16-18-12-6-7-13-19(18)22(24-14-8-3-9-15-24)20(23-25-21(16)22)17-10-4-2-5-11-17/h2,4-7,10-13,16,21H,3,8-9,14-15H2,1H3/t16-,21+,22-/m0/s1. The first kappa shape index (κ1) is 15.2. The van der Waals surface area contributed by atoms with Crippen molar-refractivity contribution in [2.75, 3.05) is 13.1 Å². The maximum Gasteiger partial charge on any atom is 0.162 e. The molecule has 0 radical (unpaired) electrons. The van der Waals surface area contributed by atoms with Gasteiger partial charge in [0, 0.05) is 11.5 Å².